The summed E-state index contributed by atoms with van der Waals surface area (Å²) in [6, 6.07) is 14.8. The van der Waals surface area contributed by atoms with Crippen molar-refractivity contribution in [3.05, 3.63) is 71.0 Å². The molecule has 0 fully saturated rings. The normalized spacial score (nSPS) is 10.4. The van der Waals surface area contributed by atoms with Crippen molar-refractivity contribution in [2.24, 2.45) is 0 Å². The van der Waals surface area contributed by atoms with Gasteiger partial charge >= 0.3 is 0 Å². The van der Waals surface area contributed by atoms with Crippen LogP contribution in [-0.2, 0) is 6.54 Å². The van der Waals surface area contributed by atoms with Gasteiger partial charge in [0.25, 0.3) is 0 Å². The lowest BCUT2D eigenvalue weighted by molar-refractivity contribution is 0.0943. The summed E-state index contributed by atoms with van der Waals surface area (Å²) < 4.78 is 12.8. The second kappa shape index (κ2) is 6.78. The molecular weight excluding hydrogens is 267 g/mol. The lowest BCUT2D eigenvalue weighted by atomic mass is 10.1. The van der Waals surface area contributed by atoms with Gasteiger partial charge in [0.05, 0.1) is 18.2 Å². The highest BCUT2D eigenvalue weighted by Crippen LogP contribution is 2.08. The molecule has 0 amide bonds. The Morgan fingerprint density at radius 2 is 1.76 bits per heavy atom. The Hall–Kier alpha value is -2.51. The molecule has 0 aromatic heterocycles. The molecule has 0 atom stereocenters. The number of likely N-dealkylation sites (N-methyl/N-ethyl adjacent to an activating group) is 1. The minimum absolute atomic E-state index is 0.0101. The zero-order valence-electron chi connectivity index (χ0n) is 11.7. The molecule has 0 bridgehead atoms. The van der Waals surface area contributed by atoms with Gasteiger partial charge < -0.3 is 0 Å². The molecule has 0 aliphatic carbocycles. The average Bonchev–Trinajstić information content (AvgIpc) is 2.49. The van der Waals surface area contributed by atoms with Crippen molar-refractivity contribution < 1.29 is 9.18 Å². The third kappa shape index (κ3) is 4.23. The fourth-order valence-corrected chi connectivity index (χ4v) is 2.02. The number of halogens is 1. The van der Waals surface area contributed by atoms with Gasteiger partial charge in [0.1, 0.15) is 5.82 Å². The summed E-state index contributed by atoms with van der Waals surface area (Å²) in [7, 11) is 1.84. The Kier molecular flexibility index (Phi) is 4.81. The van der Waals surface area contributed by atoms with Gasteiger partial charge in [0.2, 0.25) is 0 Å². The number of Topliss-reactive ketones (excluding diaryl/α,β-unsaturated/α-hetero) is 1. The molecule has 21 heavy (non-hydrogen) atoms. The minimum atomic E-state index is -0.268. The van der Waals surface area contributed by atoms with Gasteiger partial charge in [-0.1, -0.05) is 24.3 Å². The SMILES string of the molecule is CN(CC(=O)c1ccc(C#N)cc1)Cc1ccc(F)cc1. The molecule has 4 heteroatoms. The zero-order valence-corrected chi connectivity index (χ0v) is 11.7. The highest BCUT2D eigenvalue weighted by Gasteiger charge is 2.10. The average molecular weight is 282 g/mol. The molecule has 0 spiro atoms. The van der Waals surface area contributed by atoms with E-state index in [1.54, 1.807) is 36.4 Å². The Labute approximate surface area is 123 Å². The van der Waals surface area contributed by atoms with E-state index in [9.17, 15) is 9.18 Å². The first-order valence-corrected chi connectivity index (χ1v) is 6.55. The lowest BCUT2D eigenvalue weighted by Crippen LogP contribution is -2.25. The second-order valence-electron chi connectivity index (χ2n) is 4.91. The third-order valence-electron chi connectivity index (χ3n) is 3.12. The lowest BCUT2D eigenvalue weighted by Gasteiger charge is -2.15. The van der Waals surface area contributed by atoms with Crippen LogP contribution in [0.2, 0.25) is 0 Å². The Bertz CT molecular complexity index is 657. The monoisotopic (exact) mass is 282 g/mol. The second-order valence-corrected chi connectivity index (χ2v) is 4.91. The van der Waals surface area contributed by atoms with Crippen LogP contribution in [0.5, 0.6) is 0 Å². The van der Waals surface area contributed by atoms with E-state index in [-0.39, 0.29) is 18.1 Å². The van der Waals surface area contributed by atoms with Crippen molar-refractivity contribution in [1.29, 1.82) is 5.26 Å². The van der Waals surface area contributed by atoms with Gasteiger partial charge in [-0.3, -0.25) is 9.69 Å². The van der Waals surface area contributed by atoms with Gasteiger partial charge in [-0.05, 0) is 36.9 Å². The summed E-state index contributed by atoms with van der Waals surface area (Å²) in [6.45, 7) is 0.839. The summed E-state index contributed by atoms with van der Waals surface area (Å²) in [4.78, 5) is 14.0. The molecule has 0 aliphatic heterocycles. The number of nitriles is 1. The van der Waals surface area contributed by atoms with Crippen LogP contribution in [0.1, 0.15) is 21.5 Å². The Balaban J connectivity index is 1.95. The van der Waals surface area contributed by atoms with Crippen molar-refractivity contribution in [2.45, 2.75) is 6.54 Å². The number of hydrogen-bond acceptors (Lipinski definition) is 3. The van der Waals surface area contributed by atoms with Gasteiger partial charge in [-0.25, -0.2) is 4.39 Å². The van der Waals surface area contributed by atoms with E-state index in [1.807, 2.05) is 18.0 Å². The van der Waals surface area contributed by atoms with Crippen LogP contribution < -0.4 is 0 Å². The first-order valence-electron chi connectivity index (χ1n) is 6.55. The molecule has 2 aromatic rings. The number of rotatable bonds is 5. The number of nitrogens with zero attached hydrogens (tertiary/aromatic N) is 2. The third-order valence-corrected chi connectivity index (χ3v) is 3.12. The van der Waals surface area contributed by atoms with Crippen molar-refractivity contribution >= 4 is 5.78 Å². The molecule has 2 rings (SSSR count). The number of hydrogen-bond donors (Lipinski definition) is 0. The molecule has 0 saturated carbocycles. The maximum atomic E-state index is 12.8. The van der Waals surface area contributed by atoms with Crippen LogP contribution in [0, 0.1) is 17.1 Å². The van der Waals surface area contributed by atoms with Crippen LogP contribution in [0.25, 0.3) is 0 Å². The van der Waals surface area contributed by atoms with Gasteiger partial charge in [0.15, 0.2) is 5.78 Å². The number of benzene rings is 2. The molecule has 0 radical (unpaired) electrons. The number of ketones is 1. The molecular formula is C17H15FN2O. The van der Waals surface area contributed by atoms with E-state index in [1.165, 1.54) is 12.1 Å². The van der Waals surface area contributed by atoms with E-state index in [0.717, 1.165) is 5.56 Å². The van der Waals surface area contributed by atoms with E-state index in [2.05, 4.69) is 0 Å². The zero-order chi connectivity index (χ0) is 15.2. The maximum absolute atomic E-state index is 12.8. The molecule has 0 heterocycles. The molecule has 2 aromatic carbocycles. The van der Waals surface area contributed by atoms with Crippen molar-refractivity contribution in [3.8, 4) is 6.07 Å². The number of carbonyl (C=O) groups excluding carboxylic acids is 1. The maximum Gasteiger partial charge on any atom is 0.176 e. The first-order chi connectivity index (χ1) is 10.1. The fraction of sp³-hybridized carbons (Fsp3) is 0.176. The summed E-state index contributed by atoms with van der Waals surface area (Å²) in [6.07, 6.45) is 0. The Morgan fingerprint density at radius 1 is 1.14 bits per heavy atom. The van der Waals surface area contributed by atoms with Crippen LogP contribution in [-0.4, -0.2) is 24.3 Å². The van der Waals surface area contributed by atoms with Crippen molar-refractivity contribution in [2.75, 3.05) is 13.6 Å². The first kappa shape index (κ1) is 14.9. The smallest absolute Gasteiger partial charge is 0.176 e. The van der Waals surface area contributed by atoms with Crippen LogP contribution >= 0.6 is 0 Å². The van der Waals surface area contributed by atoms with Gasteiger partial charge in [-0.2, -0.15) is 5.26 Å². The number of carbonyl (C=O) groups is 1. The van der Waals surface area contributed by atoms with Gasteiger partial charge in [-0.15, -0.1) is 0 Å². The standard InChI is InChI=1S/C17H15FN2O/c1-20(11-14-4-8-16(18)9-5-14)12-17(21)15-6-2-13(10-19)3-7-15/h2-9H,11-12H2,1H3. The van der Waals surface area contributed by atoms with Crippen LogP contribution in [0.15, 0.2) is 48.5 Å². The van der Waals surface area contributed by atoms with E-state index < -0.39 is 0 Å². The molecule has 3 nitrogen and oxygen atoms in total. The summed E-state index contributed by atoms with van der Waals surface area (Å²) in [5.74, 6) is -0.279. The predicted molar refractivity (Wildman–Crippen MR) is 78.2 cm³/mol. The topological polar surface area (TPSA) is 44.1 Å². The van der Waals surface area contributed by atoms with Crippen LogP contribution in [0.4, 0.5) is 4.39 Å². The van der Waals surface area contributed by atoms with E-state index in [4.69, 9.17) is 5.26 Å². The molecule has 0 aliphatic rings. The Morgan fingerprint density at radius 3 is 2.33 bits per heavy atom. The quantitative estimate of drug-likeness (QED) is 0.792. The summed E-state index contributed by atoms with van der Waals surface area (Å²) >= 11 is 0. The molecule has 0 saturated heterocycles. The molecule has 106 valence electrons. The highest BCUT2D eigenvalue weighted by atomic mass is 19.1. The molecule has 0 unspecified atom stereocenters. The minimum Gasteiger partial charge on any atom is -0.295 e. The van der Waals surface area contributed by atoms with E-state index >= 15 is 0 Å². The van der Waals surface area contributed by atoms with Crippen molar-refractivity contribution in [3.63, 3.8) is 0 Å². The van der Waals surface area contributed by atoms with Crippen LogP contribution in [0.3, 0.4) is 0 Å². The summed E-state index contributed by atoms with van der Waals surface area (Å²) in [5, 5.41) is 8.73. The summed E-state index contributed by atoms with van der Waals surface area (Å²) in [5.41, 5.74) is 2.07. The van der Waals surface area contributed by atoms with E-state index in [0.29, 0.717) is 17.7 Å². The van der Waals surface area contributed by atoms with Crippen molar-refractivity contribution in [1.82, 2.24) is 4.90 Å². The van der Waals surface area contributed by atoms with Gasteiger partial charge in [0, 0.05) is 12.1 Å². The molecule has 0 N–H and O–H groups in total. The highest BCUT2D eigenvalue weighted by molar-refractivity contribution is 5.97. The predicted octanol–water partition coefficient (Wildman–Crippen LogP) is 3.01. The fourth-order valence-electron chi connectivity index (χ4n) is 2.02. The largest absolute Gasteiger partial charge is 0.295 e.